The predicted molar refractivity (Wildman–Crippen MR) is 43.7 cm³/mol. The molecule has 3 heteroatoms. The Morgan fingerprint density at radius 2 is 1.50 bits per heavy atom. The second kappa shape index (κ2) is 22.5. The molecule has 0 atom stereocenters. The normalized spacial score (nSPS) is 5.83. The molecule has 1 aromatic carbocycles. The minimum absolute atomic E-state index is 0. The number of hydrogen-bond acceptors (Lipinski definition) is 0. The molecule has 0 unspecified atom stereocenters. The molecule has 0 saturated carbocycles. The molecule has 1 rings (SSSR count). The van der Waals surface area contributed by atoms with Crippen LogP contribution in [0.5, 0.6) is 0 Å². The summed E-state index contributed by atoms with van der Waals surface area (Å²) in [6.07, 6.45) is 2.28. The first-order chi connectivity index (χ1) is 4.41. The molecule has 68 valence electrons. The van der Waals surface area contributed by atoms with Crippen LogP contribution in [-0.4, -0.2) is 0 Å². The van der Waals surface area contributed by atoms with Crippen LogP contribution in [0.2, 0.25) is 0 Å². The Bertz CT molecular complexity index is 88.1. The molecule has 0 fully saturated rings. The van der Waals surface area contributed by atoms with Gasteiger partial charge in [0.25, 0.3) is 0 Å². The molecule has 0 saturated heterocycles. The van der Waals surface area contributed by atoms with Gasteiger partial charge < -0.3 is 17.9 Å². The van der Waals surface area contributed by atoms with Gasteiger partial charge in [0.2, 0.25) is 0 Å². The standard InChI is InChI=1S/C5H5.C4H9.2O.Zr/c1-2-4-5-3-1;1-3-4-2;;;/h1-5H;1,3-4H2,2H3;;;/q2*-1;2*-2;+4. The minimum atomic E-state index is 0. The first-order valence-corrected chi connectivity index (χ1v) is 3.37. The van der Waals surface area contributed by atoms with E-state index in [1.54, 1.807) is 0 Å². The van der Waals surface area contributed by atoms with Gasteiger partial charge in [-0.1, -0.05) is 13.3 Å². The van der Waals surface area contributed by atoms with E-state index in [2.05, 4.69) is 13.8 Å². The third-order valence-corrected chi connectivity index (χ3v) is 0.909. The molecule has 2 nitrogen and oxygen atoms in total. The van der Waals surface area contributed by atoms with Crippen LogP contribution in [0.25, 0.3) is 0 Å². The molecule has 0 aromatic heterocycles. The zero-order valence-corrected chi connectivity index (χ0v) is 9.78. The van der Waals surface area contributed by atoms with Crippen LogP contribution < -0.4 is 0 Å². The largest absolute Gasteiger partial charge is 4.00 e. The van der Waals surface area contributed by atoms with Gasteiger partial charge in [0.15, 0.2) is 0 Å². The summed E-state index contributed by atoms with van der Waals surface area (Å²) < 4.78 is 0. The van der Waals surface area contributed by atoms with Crippen LogP contribution in [0.1, 0.15) is 19.8 Å². The molecule has 0 radical (unpaired) electrons. The fraction of sp³-hybridized carbons (Fsp3) is 0.333. The third-order valence-electron chi connectivity index (χ3n) is 0.909. The minimum Gasteiger partial charge on any atom is -2.00 e. The van der Waals surface area contributed by atoms with Crippen molar-refractivity contribution in [3.63, 3.8) is 0 Å². The second-order valence-electron chi connectivity index (χ2n) is 1.82. The van der Waals surface area contributed by atoms with Crippen molar-refractivity contribution < 1.29 is 37.2 Å². The first kappa shape index (κ1) is 22.7. The molecule has 12 heavy (non-hydrogen) atoms. The quantitative estimate of drug-likeness (QED) is 0.683. The summed E-state index contributed by atoms with van der Waals surface area (Å²) in [4.78, 5) is 0. The maximum Gasteiger partial charge on any atom is 4.00 e. The van der Waals surface area contributed by atoms with E-state index in [-0.39, 0.29) is 37.2 Å². The molecular weight excluding hydrogens is 231 g/mol. The van der Waals surface area contributed by atoms with Crippen molar-refractivity contribution in [1.82, 2.24) is 0 Å². The van der Waals surface area contributed by atoms with Crippen molar-refractivity contribution in [2.75, 3.05) is 0 Å². The van der Waals surface area contributed by atoms with E-state index in [9.17, 15) is 0 Å². The zero-order chi connectivity index (χ0) is 6.95. The fourth-order valence-electron chi connectivity index (χ4n) is 0.321. The summed E-state index contributed by atoms with van der Waals surface area (Å²) in [5, 5.41) is 0. The van der Waals surface area contributed by atoms with Crippen LogP contribution in [0.3, 0.4) is 0 Å². The van der Waals surface area contributed by atoms with Gasteiger partial charge >= 0.3 is 26.2 Å². The van der Waals surface area contributed by atoms with Gasteiger partial charge in [-0.05, 0) is 0 Å². The molecule has 1 aromatic rings. The van der Waals surface area contributed by atoms with Crippen LogP contribution in [0, 0.1) is 6.92 Å². The van der Waals surface area contributed by atoms with Crippen LogP contribution in [0.15, 0.2) is 30.3 Å². The maximum atomic E-state index is 3.60. The van der Waals surface area contributed by atoms with E-state index in [1.165, 1.54) is 6.42 Å². The summed E-state index contributed by atoms with van der Waals surface area (Å²) in [6.45, 7) is 5.72. The Morgan fingerprint density at radius 3 is 1.58 bits per heavy atom. The average molecular weight is 245 g/mol. The van der Waals surface area contributed by atoms with Crippen molar-refractivity contribution in [2.24, 2.45) is 0 Å². The summed E-state index contributed by atoms with van der Waals surface area (Å²) in [6, 6.07) is 10.0. The maximum absolute atomic E-state index is 3.60. The molecule has 0 spiro atoms. The second-order valence-corrected chi connectivity index (χ2v) is 1.82. The van der Waals surface area contributed by atoms with Crippen LogP contribution in [0.4, 0.5) is 0 Å². The molecular formula is C9H14O2Zr-2. The Kier molecular flexibility index (Phi) is 42.6. The van der Waals surface area contributed by atoms with E-state index in [0.29, 0.717) is 0 Å². The van der Waals surface area contributed by atoms with E-state index in [4.69, 9.17) is 0 Å². The average Bonchev–Trinajstić information content (AvgIpc) is 2.43. The summed E-state index contributed by atoms with van der Waals surface area (Å²) in [7, 11) is 0. The molecule has 0 N–H and O–H groups in total. The van der Waals surface area contributed by atoms with E-state index >= 15 is 0 Å². The Morgan fingerprint density at radius 1 is 1.17 bits per heavy atom. The fourth-order valence-corrected chi connectivity index (χ4v) is 0.321. The molecule has 0 heterocycles. The smallest absolute Gasteiger partial charge is 2.00 e. The SMILES string of the molecule is [CH2-]CCC.[O-2].[O-2].[Zr+4].c1cc[cH-]c1. The topological polar surface area (TPSA) is 57.0 Å². The molecule has 0 aliphatic carbocycles. The zero-order valence-electron chi connectivity index (χ0n) is 7.32. The van der Waals surface area contributed by atoms with Crippen molar-refractivity contribution in [2.45, 2.75) is 19.8 Å². The van der Waals surface area contributed by atoms with Gasteiger partial charge in [0.05, 0.1) is 0 Å². The molecule has 0 amide bonds. The Balaban J connectivity index is -0.0000000436. The van der Waals surface area contributed by atoms with Gasteiger partial charge in [-0.3, -0.25) is 0 Å². The van der Waals surface area contributed by atoms with Crippen molar-refractivity contribution in [3.05, 3.63) is 37.3 Å². The molecule has 0 aliphatic rings. The number of hydrogen-bond donors (Lipinski definition) is 0. The van der Waals surface area contributed by atoms with Gasteiger partial charge in [-0.25, -0.2) is 12.1 Å². The van der Waals surface area contributed by atoms with E-state index in [0.717, 1.165) is 6.42 Å². The van der Waals surface area contributed by atoms with Crippen LogP contribution in [-0.2, 0) is 37.2 Å². The third kappa shape index (κ3) is 22.5. The van der Waals surface area contributed by atoms with Crippen LogP contribution >= 0.6 is 0 Å². The summed E-state index contributed by atoms with van der Waals surface area (Å²) >= 11 is 0. The monoisotopic (exact) mass is 244 g/mol. The van der Waals surface area contributed by atoms with E-state index < -0.39 is 0 Å². The number of unbranched alkanes of at least 4 members (excludes halogenated alkanes) is 1. The van der Waals surface area contributed by atoms with Gasteiger partial charge in [-0.2, -0.15) is 24.6 Å². The summed E-state index contributed by atoms with van der Waals surface area (Å²) in [5.74, 6) is 0. The predicted octanol–water partition coefficient (Wildman–Crippen LogP) is 2.79. The van der Waals surface area contributed by atoms with Gasteiger partial charge in [-0.15, -0.1) is 0 Å². The van der Waals surface area contributed by atoms with Crippen molar-refractivity contribution >= 4 is 0 Å². The van der Waals surface area contributed by atoms with Crippen molar-refractivity contribution in [1.29, 1.82) is 0 Å². The summed E-state index contributed by atoms with van der Waals surface area (Å²) in [5.41, 5.74) is 0. The van der Waals surface area contributed by atoms with Crippen molar-refractivity contribution in [3.8, 4) is 0 Å². The Labute approximate surface area is 94.1 Å². The van der Waals surface area contributed by atoms with E-state index in [1.807, 2.05) is 30.3 Å². The van der Waals surface area contributed by atoms with Gasteiger partial charge in [0.1, 0.15) is 0 Å². The van der Waals surface area contributed by atoms with Gasteiger partial charge in [0, 0.05) is 0 Å². The number of rotatable bonds is 1. The molecule has 0 aliphatic heterocycles. The molecule has 0 bridgehead atoms. The Hall–Kier alpha value is 0.153. The first-order valence-electron chi connectivity index (χ1n) is 3.37.